The molecule has 4 aromatic rings. The van der Waals surface area contributed by atoms with Crippen molar-refractivity contribution in [3.05, 3.63) is 99.6 Å². The number of benzene rings is 4. The number of fused-ring (bicyclic) bond motifs is 1. The SMILES string of the molecule is CN1C(=N)NC(C)(c2cccc(-c3cc(I)ccc3CNC(=O)Nc3ccc4ccccc4c3)c2)C1=O. The van der Waals surface area contributed by atoms with Crippen LogP contribution in [-0.4, -0.2) is 29.8 Å². The first-order valence-corrected chi connectivity index (χ1v) is 12.9. The van der Waals surface area contributed by atoms with Crippen LogP contribution in [0.15, 0.2) is 84.9 Å². The summed E-state index contributed by atoms with van der Waals surface area (Å²) < 4.78 is 1.06. The summed E-state index contributed by atoms with van der Waals surface area (Å²) in [6, 6.07) is 27.4. The molecule has 4 aromatic carbocycles. The lowest BCUT2D eigenvalue weighted by Crippen LogP contribution is -2.40. The highest BCUT2D eigenvalue weighted by molar-refractivity contribution is 14.1. The topological polar surface area (TPSA) is 97.3 Å². The van der Waals surface area contributed by atoms with Crippen molar-refractivity contribution in [3.8, 4) is 11.1 Å². The molecule has 1 heterocycles. The molecule has 5 rings (SSSR count). The van der Waals surface area contributed by atoms with Gasteiger partial charge in [0, 0.05) is 22.8 Å². The van der Waals surface area contributed by atoms with Crippen molar-refractivity contribution in [2.75, 3.05) is 12.4 Å². The van der Waals surface area contributed by atoms with Crippen LogP contribution < -0.4 is 16.0 Å². The van der Waals surface area contributed by atoms with Gasteiger partial charge in [0.25, 0.3) is 5.91 Å². The fourth-order valence-corrected chi connectivity index (χ4v) is 5.09. The lowest BCUT2D eigenvalue weighted by Gasteiger charge is -2.23. The third-order valence-electron chi connectivity index (χ3n) is 6.71. The van der Waals surface area contributed by atoms with Gasteiger partial charge in [0.15, 0.2) is 5.96 Å². The zero-order chi connectivity index (χ0) is 26.2. The van der Waals surface area contributed by atoms with Gasteiger partial charge in [-0.25, -0.2) is 4.79 Å². The molecule has 0 radical (unpaired) electrons. The number of nitrogens with one attached hydrogen (secondary N) is 4. The van der Waals surface area contributed by atoms with Crippen LogP contribution in [-0.2, 0) is 16.9 Å². The number of anilines is 1. The molecule has 1 atom stereocenters. The van der Waals surface area contributed by atoms with Crippen LogP contribution in [0.4, 0.5) is 10.5 Å². The normalized spacial score (nSPS) is 17.1. The maximum atomic E-state index is 12.9. The molecule has 1 saturated heterocycles. The van der Waals surface area contributed by atoms with Gasteiger partial charge in [-0.2, -0.15) is 0 Å². The molecule has 1 unspecified atom stereocenters. The second-order valence-corrected chi connectivity index (χ2v) is 10.5. The minimum absolute atomic E-state index is 0.0782. The summed E-state index contributed by atoms with van der Waals surface area (Å²) in [4.78, 5) is 26.9. The van der Waals surface area contributed by atoms with E-state index in [4.69, 9.17) is 5.41 Å². The first-order chi connectivity index (χ1) is 17.7. The summed E-state index contributed by atoms with van der Waals surface area (Å²) in [6.07, 6.45) is 0. The molecule has 4 N–H and O–H groups in total. The third-order valence-corrected chi connectivity index (χ3v) is 7.38. The Morgan fingerprint density at radius 2 is 1.78 bits per heavy atom. The number of rotatable bonds is 5. The van der Waals surface area contributed by atoms with Gasteiger partial charge in [0.1, 0.15) is 5.54 Å². The minimum Gasteiger partial charge on any atom is -0.338 e. The number of amides is 3. The average molecular weight is 603 g/mol. The van der Waals surface area contributed by atoms with Gasteiger partial charge in [-0.15, -0.1) is 0 Å². The van der Waals surface area contributed by atoms with Gasteiger partial charge >= 0.3 is 6.03 Å². The quantitative estimate of drug-likeness (QED) is 0.222. The van der Waals surface area contributed by atoms with Crippen LogP contribution in [0.3, 0.4) is 0 Å². The highest BCUT2D eigenvalue weighted by atomic mass is 127. The van der Waals surface area contributed by atoms with E-state index in [1.807, 2.05) is 78.9 Å². The molecule has 0 aromatic heterocycles. The van der Waals surface area contributed by atoms with Gasteiger partial charge < -0.3 is 16.0 Å². The van der Waals surface area contributed by atoms with Crippen molar-refractivity contribution in [1.29, 1.82) is 5.41 Å². The molecule has 0 bridgehead atoms. The Hall–Kier alpha value is -3.92. The molecule has 0 saturated carbocycles. The molecular weight excluding hydrogens is 577 g/mol. The number of likely N-dealkylation sites (N-methyl/N-ethyl adjacent to an activating group) is 1. The number of nitrogens with zero attached hydrogens (tertiary/aromatic N) is 1. The van der Waals surface area contributed by atoms with Crippen LogP contribution in [0, 0.1) is 8.98 Å². The van der Waals surface area contributed by atoms with E-state index in [9.17, 15) is 9.59 Å². The van der Waals surface area contributed by atoms with Crippen LogP contribution in [0.25, 0.3) is 21.9 Å². The molecule has 3 amide bonds. The van der Waals surface area contributed by atoms with Crippen LogP contribution in [0.5, 0.6) is 0 Å². The Labute approximate surface area is 228 Å². The zero-order valence-corrected chi connectivity index (χ0v) is 22.6. The van der Waals surface area contributed by atoms with Gasteiger partial charge in [0.05, 0.1) is 0 Å². The average Bonchev–Trinajstić information content (AvgIpc) is 3.11. The monoisotopic (exact) mass is 603 g/mol. The van der Waals surface area contributed by atoms with E-state index >= 15 is 0 Å². The van der Waals surface area contributed by atoms with Gasteiger partial charge in [-0.05, 0) is 92.9 Å². The smallest absolute Gasteiger partial charge is 0.319 e. The van der Waals surface area contributed by atoms with E-state index in [0.717, 1.165) is 42.3 Å². The summed E-state index contributed by atoms with van der Waals surface area (Å²) in [7, 11) is 1.60. The van der Waals surface area contributed by atoms with E-state index < -0.39 is 5.54 Å². The number of guanidine groups is 1. The van der Waals surface area contributed by atoms with Crippen molar-refractivity contribution in [3.63, 3.8) is 0 Å². The standard InChI is InChI=1S/C29H26IN5O2/c1-29(26(36)35(2)27(31)34-29)22-9-5-8-20(14-22)25-16-23(30)12-10-21(25)17-32-28(37)33-24-13-11-18-6-3-4-7-19(18)15-24/h3-16H,17H2,1-2H3,(H2,31,34)(H2,32,33,37). The van der Waals surface area contributed by atoms with E-state index in [0.29, 0.717) is 6.54 Å². The molecule has 1 fully saturated rings. The largest absolute Gasteiger partial charge is 0.338 e. The predicted molar refractivity (Wildman–Crippen MR) is 155 cm³/mol. The number of hydrogen-bond acceptors (Lipinski definition) is 3. The number of carbonyl (C=O) groups is 2. The number of hydrogen-bond donors (Lipinski definition) is 4. The van der Waals surface area contributed by atoms with E-state index in [-0.39, 0.29) is 17.9 Å². The molecular formula is C29H26IN5O2. The molecule has 1 aliphatic rings. The Bertz CT molecular complexity index is 1550. The lowest BCUT2D eigenvalue weighted by molar-refractivity contribution is -0.129. The predicted octanol–water partition coefficient (Wildman–Crippen LogP) is 5.64. The molecule has 7 nitrogen and oxygen atoms in total. The van der Waals surface area contributed by atoms with E-state index in [1.165, 1.54) is 4.90 Å². The van der Waals surface area contributed by atoms with Crippen molar-refractivity contribution in [1.82, 2.24) is 15.5 Å². The molecule has 0 spiro atoms. The van der Waals surface area contributed by atoms with E-state index in [1.54, 1.807) is 14.0 Å². The van der Waals surface area contributed by atoms with Gasteiger partial charge in [-0.1, -0.05) is 54.6 Å². The maximum absolute atomic E-state index is 12.9. The second-order valence-electron chi connectivity index (χ2n) is 9.21. The molecule has 1 aliphatic heterocycles. The van der Waals surface area contributed by atoms with Crippen molar-refractivity contribution in [2.24, 2.45) is 0 Å². The highest BCUT2D eigenvalue weighted by Gasteiger charge is 2.45. The van der Waals surface area contributed by atoms with Crippen LogP contribution in [0.1, 0.15) is 18.1 Å². The van der Waals surface area contributed by atoms with E-state index in [2.05, 4.69) is 44.6 Å². The highest BCUT2D eigenvalue weighted by Crippen LogP contribution is 2.33. The summed E-state index contributed by atoms with van der Waals surface area (Å²) in [5.74, 6) is -0.0981. The molecule has 186 valence electrons. The summed E-state index contributed by atoms with van der Waals surface area (Å²) >= 11 is 2.27. The number of carbonyl (C=O) groups excluding carboxylic acids is 2. The van der Waals surface area contributed by atoms with Crippen LogP contribution >= 0.6 is 22.6 Å². The number of urea groups is 1. The van der Waals surface area contributed by atoms with Crippen molar-refractivity contribution < 1.29 is 9.59 Å². The van der Waals surface area contributed by atoms with Gasteiger partial charge in [0.2, 0.25) is 0 Å². The van der Waals surface area contributed by atoms with Crippen LogP contribution in [0.2, 0.25) is 0 Å². The third kappa shape index (κ3) is 4.89. The van der Waals surface area contributed by atoms with Crippen molar-refractivity contribution in [2.45, 2.75) is 19.0 Å². The fraction of sp³-hybridized carbons (Fsp3) is 0.138. The summed E-state index contributed by atoms with van der Waals surface area (Å²) in [6.45, 7) is 2.12. The summed E-state index contributed by atoms with van der Waals surface area (Å²) in [5, 5.41) is 19.1. The Morgan fingerprint density at radius 3 is 2.54 bits per heavy atom. The number of halogens is 1. The lowest BCUT2D eigenvalue weighted by atomic mass is 9.88. The Morgan fingerprint density at radius 1 is 1.00 bits per heavy atom. The van der Waals surface area contributed by atoms with Gasteiger partial charge in [-0.3, -0.25) is 15.1 Å². The molecule has 37 heavy (non-hydrogen) atoms. The Kier molecular flexibility index (Phi) is 6.59. The van der Waals surface area contributed by atoms with Crippen molar-refractivity contribution >= 4 is 56.9 Å². The fourth-order valence-electron chi connectivity index (χ4n) is 4.59. The zero-order valence-electron chi connectivity index (χ0n) is 20.4. The second kappa shape index (κ2) is 9.85. The molecule has 8 heteroatoms. The first kappa shape index (κ1) is 24.8. The maximum Gasteiger partial charge on any atom is 0.319 e. The molecule has 0 aliphatic carbocycles. The summed E-state index contributed by atoms with van der Waals surface area (Å²) in [5.41, 5.74) is 3.34. The first-order valence-electron chi connectivity index (χ1n) is 11.8. The Balaban J connectivity index is 1.36. The minimum atomic E-state index is -1.01.